The Labute approximate surface area is 195 Å². The van der Waals surface area contributed by atoms with Gasteiger partial charge in [0, 0.05) is 47.3 Å². The smallest absolute Gasteiger partial charge is 0.235 e. The molecule has 5 heterocycles. The third kappa shape index (κ3) is 3.22. The molecule has 4 aromatic rings. The third-order valence-electron chi connectivity index (χ3n) is 6.98. The number of fused-ring (bicyclic) bond motifs is 2. The van der Waals surface area contributed by atoms with E-state index in [1.54, 1.807) is 18.1 Å². The molecule has 1 atom stereocenters. The number of thioether (sulfide) groups is 1. The van der Waals surface area contributed by atoms with Crippen LogP contribution in [-0.4, -0.2) is 54.4 Å². The van der Waals surface area contributed by atoms with Crippen LogP contribution in [0.25, 0.3) is 33.2 Å². The lowest BCUT2D eigenvalue weighted by Gasteiger charge is -2.51. The van der Waals surface area contributed by atoms with Crippen LogP contribution in [0.5, 0.6) is 0 Å². The second-order valence-corrected chi connectivity index (χ2v) is 10.3. The standard InChI is InChI=1S/C25H24N6OS/c26-10-9-25(14-30(15-25)24(32)21-7-3-4-12-33-21)31-13-19(17-5-1-2-6-20(17)31)22-18-8-11-27-23(18)29-16-28-22/h1-2,5-6,8,11,13,16,21H,3-4,7,9,12,14-15H2,(H,27,28,29). The second kappa shape index (κ2) is 7.92. The average molecular weight is 457 g/mol. The van der Waals surface area contributed by atoms with Crippen molar-refractivity contribution in [2.75, 3.05) is 18.8 Å². The molecule has 2 saturated heterocycles. The van der Waals surface area contributed by atoms with Crippen molar-refractivity contribution in [2.24, 2.45) is 0 Å². The summed E-state index contributed by atoms with van der Waals surface area (Å²) < 4.78 is 2.22. The van der Waals surface area contributed by atoms with Crippen LogP contribution in [0.1, 0.15) is 25.7 Å². The van der Waals surface area contributed by atoms with Gasteiger partial charge in [0.25, 0.3) is 0 Å². The van der Waals surface area contributed by atoms with Crippen molar-refractivity contribution >= 4 is 39.6 Å². The number of H-pyrrole nitrogens is 1. The number of amides is 1. The molecule has 1 amide bonds. The maximum atomic E-state index is 13.1. The number of hydrogen-bond acceptors (Lipinski definition) is 5. The van der Waals surface area contributed by atoms with E-state index in [-0.39, 0.29) is 11.2 Å². The second-order valence-electron chi connectivity index (χ2n) is 9.00. The summed E-state index contributed by atoms with van der Waals surface area (Å²) in [6, 6.07) is 12.6. The van der Waals surface area contributed by atoms with Gasteiger partial charge >= 0.3 is 0 Å². The van der Waals surface area contributed by atoms with Gasteiger partial charge in [0.2, 0.25) is 5.91 Å². The number of benzene rings is 1. The Bertz CT molecular complexity index is 1390. The van der Waals surface area contributed by atoms with Gasteiger partial charge < -0.3 is 14.5 Å². The first-order valence-corrected chi connectivity index (χ1v) is 12.4. The Morgan fingerprint density at radius 1 is 1.21 bits per heavy atom. The zero-order valence-electron chi connectivity index (χ0n) is 18.2. The molecule has 0 radical (unpaired) electrons. The number of aromatic nitrogens is 4. The first-order valence-electron chi connectivity index (χ1n) is 11.4. The van der Waals surface area contributed by atoms with E-state index >= 15 is 0 Å². The number of nitrogens with zero attached hydrogens (tertiary/aromatic N) is 5. The number of carbonyl (C=O) groups excluding carboxylic acids is 1. The van der Waals surface area contributed by atoms with E-state index < -0.39 is 5.54 Å². The van der Waals surface area contributed by atoms with E-state index in [1.165, 1.54) is 6.42 Å². The van der Waals surface area contributed by atoms with Crippen molar-refractivity contribution in [2.45, 2.75) is 36.5 Å². The average Bonchev–Trinajstić information content (AvgIpc) is 3.46. The van der Waals surface area contributed by atoms with Gasteiger partial charge in [0.05, 0.1) is 29.0 Å². The molecule has 0 spiro atoms. The monoisotopic (exact) mass is 456 g/mol. The number of para-hydroxylation sites is 1. The number of carbonyl (C=O) groups is 1. The van der Waals surface area contributed by atoms with Gasteiger partial charge in [-0.15, -0.1) is 11.8 Å². The molecule has 2 aliphatic rings. The van der Waals surface area contributed by atoms with Gasteiger partial charge in [0.15, 0.2) is 0 Å². The lowest BCUT2D eigenvalue weighted by Crippen LogP contribution is -2.65. The van der Waals surface area contributed by atoms with Gasteiger partial charge in [0.1, 0.15) is 12.0 Å². The molecule has 0 bridgehead atoms. The normalized spacial score (nSPS) is 20.0. The zero-order valence-corrected chi connectivity index (χ0v) is 19.0. The minimum atomic E-state index is -0.425. The quantitative estimate of drug-likeness (QED) is 0.494. The zero-order chi connectivity index (χ0) is 22.4. The summed E-state index contributed by atoms with van der Waals surface area (Å²) >= 11 is 1.78. The molecule has 0 aliphatic carbocycles. The third-order valence-corrected chi connectivity index (χ3v) is 8.34. The molecule has 6 rings (SSSR count). The largest absolute Gasteiger partial charge is 0.346 e. The number of rotatable bonds is 4. The summed E-state index contributed by atoms with van der Waals surface area (Å²) in [5.74, 6) is 1.29. The lowest BCUT2D eigenvalue weighted by atomic mass is 9.85. The molecule has 0 saturated carbocycles. The molecule has 2 fully saturated rings. The van der Waals surface area contributed by atoms with Crippen molar-refractivity contribution < 1.29 is 4.79 Å². The van der Waals surface area contributed by atoms with Crippen LogP contribution in [0.3, 0.4) is 0 Å². The van der Waals surface area contributed by atoms with E-state index in [4.69, 9.17) is 0 Å². The number of nitrogens with one attached hydrogen (secondary N) is 1. The predicted octanol–water partition coefficient (Wildman–Crippen LogP) is 4.32. The Hall–Kier alpha value is -3.31. The van der Waals surface area contributed by atoms with Crippen molar-refractivity contribution in [1.82, 2.24) is 24.4 Å². The van der Waals surface area contributed by atoms with Crippen molar-refractivity contribution in [1.29, 1.82) is 5.26 Å². The summed E-state index contributed by atoms with van der Waals surface area (Å²) in [4.78, 5) is 27.2. The fourth-order valence-electron chi connectivity index (χ4n) is 5.30. The van der Waals surface area contributed by atoms with E-state index in [2.05, 4.69) is 43.9 Å². The van der Waals surface area contributed by atoms with Crippen LogP contribution in [0.2, 0.25) is 0 Å². The molecular formula is C25H24N6OS. The van der Waals surface area contributed by atoms with Gasteiger partial charge in [-0.25, -0.2) is 9.97 Å². The molecule has 1 aromatic carbocycles. The van der Waals surface area contributed by atoms with Crippen LogP contribution in [0.15, 0.2) is 49.1 Å². The summed E-state index contributed by atoms with van der Waals surface area (Å²) in [5.41, 5.74) is 3.32. The number of nitriles is 1. The number of aromatic amines is 1. The Balaban J connectivity index is 1.41. The maximum absolute atomic E-state index is 13.1. The van der Waals surface area contributed by atoms with Gasteiger partial charge in [-0.1, -0.05) is 24.6 Å². The molecule has 2 aliphatic heterocycles. The molecular weight excluding hydrogens is 432 g/mol. The van der Waals surface area contributed by atoms with Gasteiger partial charge in [-0.3, -0.25) is 4.79 Å². The number of likely N-dealkylation sites (tertiary alicyclic amines) is 1. The first kappa shape index (κ1) is 20.3. The van der Waals surface area contributed by atoms with Crippen molar-refractivity contribution in [3.63, 3.8) is 0 Å². The molecule has 1 N–H and O–H groups in total. The summed E-state index contributed by atoms with van der Waals surface area (Å²) in [6.45, 7) is 1.13. The molecule has 7 nitrogen and oxygen atoms in total. The summed E-state index contributed by atoms with van der Waals surface area (Å²) in [7, 11) is 0. The fourth-order valence-corrected chi connectivity index (χ4v) is 6.58. The van der Waals surface area contributed by atoms with E-state index in [0.29, 0.717) is 19.5 Å². The molecule has 1 unspecified atom stereocenters. The topological polar surface area (TPSA) is 90.6 Å². The van der Waals surface area contributed by atoms with Crippen molar-refractivity contribution in [3.8, 4) is 17.3 Å². The highest BCUT2D eigenvalue weighted by Crippen LogP contribution is 2.41. The summed E-state index contributed by atoms with van der Waals surface area (Å²) in [5, 5.41) is 11.8. The van der Waals surface area contributed by atoms with E-state index in [1.807, 2.05) is 29.3 Å². The number of hydrogen-bond donors (Lipinski definition) is 1. The molecule has 3 aromatic heterocycles. The first-order chi connectivity index (χ1) is 16.2. The highest BCUT2D eigenvalue weighted by molar-refractivity contribution is 8.00. The minimum Gasteiger partial charge on any atom is -0.346 e. The highest BCUT2D eigenvalue weighted by Gasteiger charge is 2.48. The van der Waals surface area contributed by atoms with Crippen LogP contribution in [-0.2, 0) is 10.3 Å². The highest BCUT2D eigenvalue weighted by atomic mass is 32.2. The lowest BCUT2D eigenvalue weighted by molar-refractivity contribution is -0.141. The fraction of sp³-hybridized carbons (Fsp3) is 0.360. The maximum Gasteiger partial charge on any atom is 0.235 e. The Morgan fingerprint density at radius 2 is 2.09 bits per heavy atom. The van der Waals surface area contributed by atoms with Crippen LogP contribution >= 0.6 is 11.8 Å². The van der Waals surface area contributed by atoms with Crippen molar-refractivity contribution in [3.05, 3.63) is 49.1 Å². The van der Waals surface area contributed by atoms with Crippen LogP contribution < -0.4 is 0 Å². The van der Waals surface area contributed by atoms with Gasteiger partial charge in [-0.2, -0.15) is 5.26 Å². The molecule has 8 heteroatoms. The Kier molecular flexibility index (Phi) is 4.88. The SMILES string of the molecule is N#CCC1(n2cc(-c3ncnc4[nH]ccc34)c3ccccc32)CN(C(=O)C2CCCCS2)C1. The van der Waals surface area contributed by atoms with Crippen LogP contribution in [0, 0.1) is 11.3 Å². The minimum absolute atomic E-state index is 0.0682. The molecule has 166 valence electrons. The summed E-state index contributed by atoms with van der Waals surface area (Å²) in [6.07, 6.45) is 9.21. The van der Waals surface area contributed by atoms with Crippen LogP contribution in [0.4, 0.5) is 0 Å². The van der Waals surface area contributed by atoms with E-state index in [9.17, 15) is 10.1 Å². The van der Waals surface area contributed by atoms with Gasteiger partial charge in [-0.05, 0) is 30.7 Å². The Morgan fingerprint density at radius 3 is 2.91 bits per heavy atom. The molecule has 33 heavy (non-hydrogen) atoms. The predicted molar refractivity (Wildman–Crippen MR) is 130 cm³/mol. The van der Waals surface area contributed by atoms with E-state index in [0.717, 1.165) is 51.8 Å².